The molecule has 0 saturated carbocycles. The summed E-state index contributed by atoms with van der Waals surface area (Å²) in [6.07, 6.45) is -3.50. The molecule has 1 unspecified atom stereocenters. The SMILES string of the molecule is CCCCCC(O[Si](C)(C)C)(C(=O)OC)C(F)(F)F. The molecule has 0 N–H and O–H groups in total. The first-order chi connectivity index (χ1) is 8.50. The Morgan fingerprint density at radius 1 is 1.16 bits per heavy atom. The average Bonchev–Trinajstić information content (AvgIpc) is 2.23. The quantitative estimate of drug-likeness (QED) is 0.406. The second-order valence-electron chi connectivity index (χ2n) is 5.49. The van der Waals surface area contributed by atoms with Crippen LogP contribution >= 0.6 is 0 Å². The maximum Gasteiger partial charge on any atom is 0.427 e. The molecular formula is C12H23F3O3Si. The third-order valence-corrected chi connectivity index (χ3v) is 3.55. The van der Waals surface area contributed by atoms with E-state index in [9.17, 15) is 18.0 Å². The van der Waals surface area contributed by atoms with Gasteiger partial charge >= 0.3 is 12.1 Å². The van der Waals surface area contributed by atoms with Crippen molar-refractivity contribution in [3.63, 3.8) is 0 Å². The molecule has 0 aliphatic rings. The second kappa shape index (κ2) is 6.74. The molecule has 0 fully saturated rings. The summed E-state index contributed by atoms with van der Waals surface area (Å²) in [5, 5.41) is 0. The Morgan fingerprint density at radius 3 is 2.00 bits per heavy atom. The predicted octanol–water partition coefficient (Wildman–Crippen LogP) is 3.89. The van der Waals surface area contributed by atoms with Crippen molar-refractivity contribution in [2.24, 2.45) is 0 Å². The van der Waals surface area contributed by atoms with Crippen LogP contribution in [0.25, 0.3) is 0 Å². The van der Waals surface area contributed by atoms with Crippen molar-refractivity contribution in [3.05, 3.63) is 0 Å². The summed E-state index contributed by atoms with van der Waals surface area (Å²) in [4.78, 5) is 11.7. The number of hydrogen-bond acceptors (Lipinski definition) is 3. The van der Waals surface area contributed by atoms with Crippen molar-refractivity contribution >= 4 is 14.3 Å². The molecule has 0 aromatic heterocycles. The highest BCUT2D eigenvalue weighted by Gasteiger charge is 2.63. The van der Waals surface area contributed by atoms with Gasteiger partial charge in [0.05, 0.1) is 7.11 Å². The zero-order valence-corrected chi connectivity index (χ0v) is 13.2. The van der Waals surface area contributed by atoms with Crippen LogP contribution in [0.3, 0.4) is 0 Å². The lowest BCUT2D eigenvalue weighted by Gasteiger charge is -2.38. The van der Waals surface area contributed by atoms with E-state index in [4.69, 9.17) is 4.43 Å². The number of rotatable bonds is 7. The smallest absolute Gasteiger partial charge is 0.427 e. The first-order valence-electron chi connectivity index (χ1n) is 6.35. The van der Waals surface area contributed by atoms with Crippen LogP contribution in [0, 0.1) is 0 Å². The molecule has 0 rings (SSSR count). The van der Waals surface area contributed by atoms with Crippen LogP contribution in [0.2, 0.25) is 19.6 Å². The van der Waals surface area contributed by atoms with Crippen LogP contribution in [-0.2, 0) is 14.0 Å². The van der Waals surface area contributed by atoms with Crippen molar-refractivity contribution in [1.82, 2.24) is 0 Å². The fourth-order valence-electron chi connectivity index (χ4n) is 1.82. The van der Waals surface area contributed by atoms with E-state index in [0.717, 1.165) is 13.5 Å². The van der Waals surface area contributed by atoms with Crippen LogP contribution in [0.15, 0.2) is 0 Å². The topological polar surface area (TPSA) is 35.5 Å². The molecule has 0 spiro atoms. The second-order valence-corrected chi connectivity index (χ2v) is 9.92. The summed E-state index contributed by atoms with van der Waals surface area (Å²) in [6, 6.07) is 0. The van der Waals surface area contributed by atoms with E-state index in [-0.39, 0.29) is 12.8 Å². The van der Waals surface area contributed by atoms with Gasteiger partial charge in [-0.15, -0.1) is 0 Å². The van der Waals surface area contributed by atoms with Crippen molar-refractivity contribution < 1.29 is 27.1 Å². The van der Waals surface area contributed by atoms with Crippen molar-refractivity contribution in [3.8, 4) is 0 Å². The predicted molar refractivity (Wildman–Crippen MR) is 69.4 cm³/mol. The van der Waals surface area contributed by atoms with Crippen LogP contribution < -0.4 is 0 Å². The molecule has 1 atom stereocenters. The van der Waals surface area contributed by atoms with Gasteiger partial charge in [-0.3, -0.25) is 0 Å². The van der Waals surface area contributed by atoms with Crippen molar-refractivity contribution in [2.45, 2.75) is 64.0 Å². The van der Waals surface area contributed by atoms with Crippen LogP contribution in [0.5, 0.6) is 0 Å². The first kappa shape index (κ1) is 18.4. The minimum Gasteiger partial charge on any atom is -0.467 e. The van der Waals surface area contributed by atoms with E-state index < -0.39 is 26.1 Å². The summed E-state index contributed by atoms with van der Waals surface area (Å²) >= 11 is 0. The summed E-state index contributed by atoms with van der Waals surface area (Å²) in [5.41, 5.74) is -2.82. The average molecular weight is 300 g/mol. The van der Waals surface area contributed by atoms with Gasteiger partial charge in [-0.05, 0) is 32.5 Å². The molecule has 0 saturated heterocycles. The van der Waals surface area contributed by atoms with Gasteiger partial charge in [0.15, 0.2) is 8.32 Å². The maximum absolute atomic E-state index is 13.4. The van der Waals surface area contributed by atoms with Gasteiger partial charge in [0.25, 0.3) is 5.60 Å². The normalized spacial score (nSPS) is 16.0. The Bertz CT molecular complexity index is 300. The molecule has 114 valence electrons. The van der Waals surface area contributed by atoms with E-state index in [0.29, 0.717) is 6.42 Å². The zero-order chi connectivity index (χ0) is 15.3. The highest BCUT2D eigenvalue weighted by atomic mass is 28.4. The maximum atomic E-state index is 13.4. The summed E-state index contributed by atoms with van der Waals surface area (Å²) in [6.45, 7) is 6.75. The lowest BCUT2D eigenvalue weighted by atomic mass is 9.95. The Balaban J connectivity index is 5.40. The Morgan fingerprint density at radius 2 is 1.68 bits per heavy atom. The molecule has 3 nitrogen and oxygen atoms in total. The molecular weight excluding hydrogens is 277 g/mol. The number of methoxy groups -OCH3 is 1. The number of unbranched alkanes of at least 4 members (excludes halogenated alkanes) is 2. The number of hydrogen-bond donors (Lipinski definition) is 0. The Labute approximate surface area is 113 Å². The standard InChI is InChI=1S/C12H23F3O3Si/c1-6-7-8-9-11(10(16)17-2,12(13,14)15)18-19(3,4)5/h6-9H2,1-5H3. The number of esters is 1. The highest BCUT2D eigenvalue weighted by Crippen LogP contribution is 2.41. The van der Waals surface area contributed by atoms with Gasteiger partial charge in [-0.25, -0.2) is 4.79 Å². The van der Waals surface area contributed by atoms with Crippen molar-refractivity contribution in [2.75, 3.05) is 7.11 Å². The van der Waals surface area contributed by atoms with E-state index in [1.54, 1.807) is 19.6 Å². The summed E-state index contributed by atoms with van der Waals surface area (Å²) < 4.78 is 49.7. The minimum absolute atomic E-state index is 0.273. The molecule has 0 aliphatic heterocycles. The fourth-order valence-corrected chi connectivity index (χ4v) is 3.17. The zero-order valence-electron chi connectivity index (χ0n) is 12.2. The molecule has 0 heterocycles. The third kappa shape index (κ3) is 5.14. The number of carbonyl (C=O) groups excluding carboxylic acids is 1. The molecule has 0 amide bonds. The fraction of sp³-hybridized carbons (Fsp3) is 0.917. The molecule has 7 heteroatoms. The number of halogens is 3. The molecule has 0 radical (unpaired) electrons. The van der Waals surface area contributed by atoms with Gasteiger partial charge in [-0.2, -0.15) is 13.2 Å². The number of alkyl halides is 3. The van der Waals surface area contributed by atoms with Crippen LogP contribution in [0.1, 0.15) is 32.6 Å². The Hall–Kier alpha value is -0.563. The molecule has 0 aromatic carbocycles. The number of carbonyl (C=O) groups is 1. The minimum atomic E-state index is -4.77. The highest BCUT2D eigenvalue weighted by molar-refractivity contribution is 6.70. The van der Waals surface area contributed by atoms with Crippen LogP contribution in [0.4, 0.5) is 13.2 Å². The molecule has 0 bridgehead atoms. The monoisotopic (exact) mass is 300 g/mol. The Kier molecular flexibility index (Phi) is 6.54. The lowest BCUT2D eigenvalue weighted by Crippen LogP contribution is -2.59. The van der Waals surface area contributed by atoms with E-state index >= 15 is 0 Å². The van der Waals surface area contributed by atoms with Crippen molar-refractivity contribution in [1.29, 1.82) is 0 Å². The van der Waals surface area contributed by atoms with E-state index in [2.05, 4.69) is 4.74 Å². The van der Waals surface area contributed by atoms with Gasteiger partial charge in [0.1, 0.15) is 0 Å². The first-order valence-corrected chi connectivity index (χ1v) is 9.76. The molecule has 0 aliphatic carbocycles. The van der Waals surface area contributed by atoms with Gasteiger partial charge in [0, 0.05) is 0 Å². The molecule has 0 aromatic rings. The molecule has 19 heavy (non-hydrogen) atoms. The summed E-state index contributed by atoms with van der Waals surface area (Å²) in [7, 11) is -1.61. The van der Waals surface area contributed by atoms with E-state index in [1.165, 1.54) is 0 Å². The third-order valence-electron chi connectivity index (χ3n) is 2.59. The van der Waals surface area contributed by atoms with E-state index in [1.807, 2.05) is 6.92 Å². The van der Waals surface area contributed by atoms with Gasteiger partial charge in [0.2, 0.25) is 0 Å². The van der Waals surface area contributed by atoms with Gasteiger partial charge < -0.3 is 9.16 Å². The summed E-state index contributed by atoms with van der Waals surface area (Å²) in [5.74, 6) is -1.35. The lowest BCUT2D eigenvalue weighted by molar-refractivity contribution is -0.257. The number of ether oxygens (including phenoxy) is 1. The largest absolute Gasteiger partial charge is 0.467 e. The van der Waals surface area contributed by atoms with Gasteiger partial charge in [-0.1, -0.05) is 19.8 Å². The van der Waals surface area contributed by atoms with Crippen LogP contribution in [-0.4, -0.2) is 33.2 Å².